The van der Waals surface area contributed by atoms with E-state index < -0.39 is 24.6 Å². The van der Waals surface area contributed by atoms with Crippen LogP contribution in [-0.4, -0.2) is 43.1 Å². The molecule has 0 aliphatic rings. The number of hydrogen-bond donors (Lipinski definition) is 3. The fourth-order valence-electron chi connectivity index (χ4n) is 3.93. The van der Waals surface area contributed by atoms with Crippen LogP contribution in [0.1, 0.15) is 56.4 Å². The van der Waals surface area contributed by atoms with E-state index in [9.17, 15) is 19.4 Å². The number of aliphatic hydroxyl groups excluding tert-OH is 2. The van der Waals surface area contributed by atoms with Crippen LogP contribution in [0.25, 0.3) is 22.9 Å². The SMILES string of the molecule is CCc1ccc2c(C(C)C)c(/C=C/C(O)CC(O)CC(=O)O)c(-c3ccc(F)cc3)nn12. The predicted octanol–water partition coefficient (Wildman–Crippen LogP) is 4.43. The molecule has 0 aliphatic carbocycles. The molecule has 32 heavy (non-hydrogen) atoms. The highest BCUT2D eigenvalue weighted by atomic mass is 19.1. The predicted molar refractivity (Wildman–Crippen MR) is 122 cm³/mol. The van der Waals surface area contributed by atoms with Crippen molar-refractivity contribution < 1.29 is 24.5 Å². The van der Waals surface area contributed by atoms with Crippen molar-refractivity contribution in [1.29, 1.82) is 0 Å². The largest absolute Gasteiger partial charge is 0.481 e. The minimum atomic E-state index is -1.15. The van der Waals surface area contributed by atoms with E-state index in [4.69, 9.17) is 10.2 Å². The number of aryl methyl sites for hydroxylation is 1. The molecule has 0 fully saturated rings. The molecule has 0 spiro atoms. The van der Waals surface area contributed by atoms with Crippen molar-refractivity contribution in [3.63, 3.8) is 0 Å². The van der Waals surface area contributed by atoms with Gasteiger partial charge in [0.05, 0.1) is 29.8 Å². The number of aromatic nitrogens is 2. The molecule has 0 saturated carbocycles. The van der Waals surface area contributed by atoms with Gasteiger partial charge in [0.15, 0.2) is 0 Å². The Bertz CT molecular complexity index is 1120. The van der Waals surface area contributed by atoms with Crippen molar-refractivity contribution >= 4 is 17.6 Å². The summed E-state index contributed by atoms with van der Waals surface area (Å²) in [6.45, 7) is 6.21. The molecule has 0 bridgehead atoms. The van der Waals surface area contributed by atoms with Gasteiger partial charge in [-0.2, -0.15) is 5.10 Å². The second-order valence-electron chi connectivity index (χ2n) is 8.23. The lowest BCUT2D eigenvalue weighted by Gasteiger charge is -2.18. The number of aliphatic carboxylic acids is 1. The van der Waals surface area contributed by atoms with E-state index in [0.29, 0.717) is 5.69 Å². The van der Waals surface area contributed by atoms with Crippen LogP contribution in [0.2, 0.25) is 0 Å². The third-order valence-electron chi connectivity index (χ3n) is 5.42. The minimum absolute atomic E-state index is 0.0908. The number of halogens is 1. The molecule has 170 valence electrons. The number of fused-ring (bicyclic) bond motifs is 1. The lowest BCUT2D eigenvalue weighted by atomic mass is 9.93. The Kier molecular flexibility index (Phi) is 7.43. The van der Waals surface area contributed by atoms with E-state index in [1.54, 1.807) is 24.3 Å². The zero-order valence-electron chi connectivity index (χ0n) is 18.5. The van der Waals surface area contributed by atoms with Gasteiger partial charge in [-0.25, -0.2) is 8.91 Å². The highest BCUT2D eigenvalue weighted by molar-refractivity contribution is 5.79. The van der Waals surface area contributed by atoms with Crippen LogP contribution in [0.3, 0.4) is 0 Å². The molecule has 3 aromatic rings. The molecule has 6 nitrogen and oxygen atoms in total. The fourth-order valence-corrected chi connectivity index (χ4v) is 3.93. The second-order valence-corrected chi connectivity index (χ2v) is 8.23. The number of nitrogens with zero attached hydrogens (tertiary/aromatic N) is 2. The Morgan fingerprint density at radius 1 is 1.16 bits per heavy atom. The first-order valence-corrected chi connectivity index (χ1v) is 10.8. The average Bonchev–Trinajstić information content (AvgIpc) is 3.13. The van der Waals surface area contributed by atoms with E-state index >= 15 is 0 Å². The van der Waals surface area contributed by atoms with Gasteiger partial charge in [-0.3, -0.25) is 4.79 Å². The van der Waals surface area contributed by atoms with Gasteiger partial charge in [-0.1, -0.05) is 32.9 Å². The third kappa shape index (κ3) is 5.23. The lowest BCUT2D eigenvalue weighted by Crippen LogP contribution is -2.19. The topological polar surface area (TPSA) is 95.1 Å². The number of aliphatic hydroxyl groups is 2. The first-order chi connectivity index (χ1) is 15.2. The summed E-state index contributed by atoms with van der Waals surface area (Å²) in [4.78, 5) is 10.8. The van der Waals surface area contributed by atoms with Gasteiger partial charge in [-0.05, 0) is 54.3 Å². The Morgan fingerprint density at radius 2 is 1.84 bits per heavy atom. The zero-order valence-corrected chi connectivity index (χ0v) is 18.5. The second kappa shape index (κ2) is 10.1. The van der Waals surface area contributed by atoms with Gasteiger partial charge in [0.2, 0.25) is 0 Å². The number of benzene rings is 1. The van der Waals surface area contributed by atoms with Gasteiger partial charge < -0.3 is 15.3 Å². The highest BCUT2D eigenvalue weighted by Crippen LogP contribution is 2.34. The fraction of sp³-hybridized carbons (Fsp3) is 0.360. The summed E-state index contributed by atoms with van der Waals surface area (Å²) < 4.78 is 15.5. The van der Waals surface area contributed by atoms with Crippen molar-refractivity contribution in [3.05, 3.63) is 65.1 Å². The molecule has 3 rings (SSSR count). The number of rotatable bonds is 9. The molecule has 2 atom stereocenters. The Labute approximate surface area is 186 Å². The van der Waals surface area contributed by atoms with Crippen LogP contribution in [-0.2, 0) is 11.2 Å². The molecule has 0 radical (unpaired) electrons. The van der Waals surface area contributed by atoms with E-state index in [-0.39, 0.29) is 18.2 Å². The number of hydrogen-bond acceptors (Lipinski definition) is 4. The monoisotopic (exact) mass is 440 g/mol. The molecule has 3 N–H and O–H groups in total. The molecule has 2 unspecified atom stereocenters. The summed E-state index contributed by atoms with van der Waals surface area (Å²) in [6, 6.07) is 10.2. The van der Waals surface area contributed by atoms with Crippen LogP contribution in [0, 0.1) is 5.82 Å². The highest BCUT2D eigenvalue weighted by Gasteiger charge is 2.20. The van der Waals surface area contributed by atoms with Crippen LogP contribution < -0.4 is 0 Å². The van der Waals surface area contributed by atoms with Gasteiger partial charge >= 0.3 is 5.97 Å². The molecule has 1 aromatic carbocycles. The van der Waals surface area contributed by atoms with Crippen molar-refractivity contribution in [3.8, 4) is 11.3 Å². The normalized spacial score (nSPS) is 13.8. The standard InChI is InChI=1S/C25H29FN2O4/c1-4-18-9-12-22-24(15(2)3)21(11-10-19(29)13-20(30)14-23(31)32)25(27-28(18)22)16-5-7-17(26)8-6-16/h5-12,15,19-20,29-30H,4,13-14H2,1-3H3,(H,31,32)/b11-10+. The Morgan fingerprint density at radius 3 is 2.44 bits per heavy atom. The third-order valence-corrected chi connectivity index (χ3v) is 5.42. The zero-order chi connectivity index (χ0) is 23.4. The summed E-state index contributed by atoms with van der Waals surface area (Å²) in [5.74, 6) is -1.33. The summed E-state index contributed by atoms with van der Waals surface area (Å²) >= 11 is 0. The van der Waals surface area contributed by atoms with Crippen molar-refractivity contribution in [2.45, 2.75) is 58.2 Å². The Balaban J connectivity index is 2.13. The molecule has 2 aromatic heterocycles. The summed E-state index contributed by atoms with van der Waals surface area (Å²) in [6.07, 6.45) is 1.41. The van der Waals surface area contributed by atoms with Gasteiger partial charge in [0, 0.05) is 23.2 Å². The smallest absolute Gasteiger partial charge is 0.305 e. The number of carboxylic acids is 1. The van der Waals surface area contributed by atoms with Crippen LogP contribution in [0.15, 0.2) is 42.5 Å². The molecule has 2 heterocycles. The minimum Gasteiger partial charge on any atom is -0.481 e. The maximum absolute atomic E-state index is 13.6. The Hall–Kier alpha value is -3.03. The average molecular weight is 441 g/mol. The van der Waals surface area contributed by atoms with Crippen LogP contribution in [0.4, 0.5) is 4.39 Å². The van der Waals surface area contributed by atoms with Gasteiger partial charge in [0.1, 0.15) is 5.82 Å². The van der Waals surface area contributed by atoms with Crippen molar-refractivity contribution in [1.82, 2.24) is 9.61 Å². The summed E-state index contributed by atoms with van der Waals surface area (Å²) in [5.41, 5.74) is 5.24. The molecule has 7 heteroatoms. The maximum atomic E-state index is 13.6. The summed E-state index contributed by atoms with van der Waals surface area (Å²) in [7, 11) is 0. The van der Waals surface area contributed by atoms with E-state index in [2.05, 4.69) is 20.8 Å². The van der Waals surface area contributed by atoms with Crippen LogP contribution in [0.5, 0.6) is 0 Å². The van der Waals surface area contributed by atoms with Crippen molar-refractivity contribution in [2.24, 2.45) is 0 Å². The maximum Gasteiger partial charge on any atom is 0.305 e. The van der Waals surface area contributed by atoms with Gasteiger partial charge in [-0.15, -0.1) is 0 Å². The molecular weight excluding hydrogens is 411 g/mol. The van der Waals surface area contributed by atoms with E-state index in [0.717, 1.165) is 34.3 Å². The molecular formula is C25H29FN2O4. The molecule has 0 amide bonds. The molecule has 0 aliphatic heterocycles. The lowest BCUT2D eigenvalue weighted by molar-refractivity contribution is -0.139. The van der Waals surface area contributed by atoms with Gasteiger partial charge in [0.25, 0.3) is 0 Å². The van der Waals surface area contributed by atoms with E-state index in [1.165, 1.54) is 12.1 Å². The molecule has 0 saturated heterocycles. The van der Waals surface area contributed by atoms with Crippen LogP contribution >= 0.6 is 0 Å². The number of carboxylic acid groups (broad SMARTS) is 1. The van der Waals surface area contributed by atoms with E-state index in [1.807, 2.05) is 16.6 Å². The first kappa shape index (κ1) is 23.6. The summed E-state index contributed by atoms with van der Waals surface area (Å²) in [5, 5.41) is 33.9. The first-order valence-electron chi connectivity index (χ1n) is 10.8. The quantitative estimate of drug-likeness (QED) is 0.458. The number of carbonyl (C=O) groups is 1. The van der Waals surface area contributed by atoms with Crippen molar-refractivity contribution in [2.75, 3.05) is 0 Å².